The topological polar surface area (TPSA) is 59.1 Å². The molecule has 2 N–H and O–H groups in total. The van der Waals surface area contributed by atoms with Crippen molar-refractivity contribution in [1.82, 2.24) is 9.97 Å². The highest BCUT2D eigenvalue weighted by molar-refractivity contribution is 5.58. The lowest BCUT2D eigenvalue weighted by Gasteiger charge is -2.18. The lowest BCUT2D eigenvalue weighted by molar-refractivity contribution is 0.0854. The molecule has 0 spiro atoms. The SMILES string of the molecule is CCOC(C)CNc1ncnc(NC)c1C(C)C. The number of hydrogen-bond donors (Lipinski definition) is 2. The normalized spacial score (nSPS) is 12.6. The van der Waals surface area contributed by atoms with Crippen LogP contribution in [-0.2, 0) is 4.74 Å². The largest absolute Gasteiger partial charge is 0.377 e. The Labute approximate surface area is 109 Å². The Kier molecular flexibility index (Phi) is 5.85. The highest BCUT2D eigenvalue weighted by Crippen LogP contribution is 2.27. The van der Waals surface area contributed by atoms with Crippen molar-refractivity contribution in [2.75, 3.05) is 30.8 Å². The Morgan fingerprint density at radius 3 is 2.44 bits per heavy atom. The zero-order valence-corrected chi connectivity index (χ0v) is 11.9. The average molecular weight is 252 g/mol. The van der Waals surface area contributed by atoms with Gasteiger partial charge in [0.05, 0.1) is 6.10 Å². The van der Waals surface area contributed by atoms with E-state index in [1.807, 2.05) is 20.9 Å². The second kappa shape index (κ2) is 7.16. The molecule has 0 aliphatic carbocycles. The van der Waals surface area contributed by atoms with Crippen LogP contribution >= 0.6 is 0 Å². The van der Waals surface area contributed by atoms with Crippen LogP contribution in [0.1, 0.15) is 39.2 Å². The van der Waals surface area contributed by atoms with E-state index >= 15 is 0 Å². The van der Waals surface area contributed by atoms with E-state index in [-0.39, 0.29) is 6.10 Å². The summed E-state index contributed by atoms with van der Waals surface area (Å²) in [5.74, 6) is 2.13. The van der Waals surface area contributed by atoms with Crippen LogP contribution in [-0.4, -0.2) is 36.3 Å². The zero-order chi connectivity index (χ0) is 13.5. The number of anilines is 2. The molecule has 0 aliphatic heterocycles. The molecule has 0 radical (unpaired) electrons. The van der Waals surface area contributed by atoms with Gasteiger partial charge in [0.2, 0.25) is 0 Å². The summed E-state index contributed by atoms with van der Waals surface area (Å²) >= 11 is 0. The van der Waals surface area contributed by atoms with Crippen molar-refractivity contribution in [1.29, 1.82) is 0 Å². The van der Waals surface area contributed by atoms with Gasteiger partial charge in [0.25, 0.3) is 0 Å². The summed E-state index contributed by atoms with van der Waals surface area (Å²) in [5.41, 5.74) is 1.11. The molecule has 0 aliphatic rings. The highest BCUT2D eigenvalue weighted by atomic mass is 16.5. The van der Waals surface area contributed by atoms with E-state index in [0.29, 0.717) is 5.92 Å². The summed E-state index contributed by atoms with van der Waals surface area (Å²) in [6.07, 6.45) is 1.74. The van der Waals surface area contributed by atoms with Gasteiger partial charge in [0.15, 0.2) is 0 Å². The van der Waals surface area contributed by atoms with Gasteiger partial charge in [0, 0.05) is 25.8 Å². The fraction of sp³-hybridized carbons (Fsp3) is 0.692. The summed E-state index contributed by atoms with van der Waals surface area (Å²) in [6, 6.07) is 0. The lowest BCUT2D eigenvalue weighted by Crippen LogP contribution is -2.21. The maximum absolute atomic E-state index is 5.50. The number of nitrogens with one attached hydrogen (secondary N) is 2. The van der Waals surface area contributed by atoms with Gasteiger partial charge in [-0.15, -0.1) is 0 Å². The van der Waals surface area contributed by atoms with Crippen molar-refractivity contribution >= 4 is 11.6 Å². The van der Waals surface area contributed by atoms with Crippen molar-refractivity contribution < 1.29 is 4.74 Å². The molecule has 1 rings (SSSR count). The fourth-order valence-electron chi connectivity index (χ4n) is 1.87. The minimum Gasteiger partial charge on any atom is -0.377 e. The third-order valence-electron chi connectivity index (χ3n) is 2.71. The fourth-order valence-corrected chi connectivity index (χ4v) is 1.87. The van der Waals surface area contributed by atoms with Gasteiger partial charge in [-0.25, -0.2) is 9.97 Å². The van der Waals surface area contributed by atoms with Gasteiger partial charge in [-0.2, -0.15) is 0 Å². The molecule has 1 atom stereocenters. The van der Waals surface area contributed by atoms with Crippen LogP contribution in [0.3, 0.4) is 0 Å². The molecule has 1 aromatic rings. The van der Waals surface area contributed by atoms with E-state index in [1.165, 1.54) is 0 Å². The van der Waals surface area contributed by atoms with Gasteiger partial charge >= 0.3 is 0 Å². The predicted octanol–water partition coefficient (Wildman–Crippen LogP) is 2.48. The second-order valence-corrected chi connectivity index (χ2v) is 4.54. The van der Waals surface area contributed by atoms with Gasteiger partial charge in [-0.3, -0.25) is 0 Å². The number of hydrogen-bond acceptors (Lipinski definition) is 5. The first-order valence-electron chi connectivity index (χ1n) is 6.48. The van der Waals surface area contributed by atoms with E-state index in [9.17, 15) is 0 Å². The summed E-state index contributed by atoms with van der Waals surface area (Å²) < 4.78 is 5.50. The van der Waals surface area contributed by atoms with Crippen molar-refractivity contribution in [3.05, 3.63) is 11.9 Å². The first-order valence-corrected chi connectivity index (χ1v) is 6.48. The molecule has 0 fully saturated rings. The van der Waals surface area contributed by atoms with Crippen LogP contribution in [0, 0.1) is 0 Å². The van der Waals surface area contributed by atoms with Crippen LogP contribution in [0.2, 0.25) is 0 Å². The Morgan fingerprint density at radius 1 is 1.22 bits per heavy atom. The Balaban J connectivity index is 2.81. The van der Waals surface area contributed by atoms with E-state index in [2.05, 4.69) is 34.4 Å². The first kappa shape index (κ1) is 14.7. The number of ether oxygens (including phenoxy) is 1. The lowest BCUT2D eigenvalue weighted by atomic mass is 10.0. The molecule has 0 aromatic carbocycles. The zero-order valence-electron chi connectivity index (χ0n) is 11.9. The van der Waals surface area contributed by atoms with Crippen molar-refractivity contribution in [2.45, 2.75) is 39.7 Å². The maximum atomic E-state index is 5.50. The van der Waals surface area contributed by atoms with Crippen LogP contribution < -0.4 is 10.6 Å². The Hall–Kier alpha value is -1.36. The predicted molar refractivity (Wildman–Crippen MR) is 75.2 cm³/mol. The van der Waals surface area contributed by atoms with Crippen molar-refractivity contribution in [2.24, 2.45) is 0 Å². The summed E-state index contributed by atoms with van der Waals surface area (Å²) in [6.45, 7) is 9.79. The van der Waals surface area contributed by atoms with Crippen LogP contribution in [0.15, 0.2) is 6.33 Å². The smallest absolute Gasteiger partial charge is 0.135 e. The van der Waals surface area contributed by atoms with E-state index in [1.54, 1.807) is 6.33 Å². The molecule has 0 amide bonds. The third kappa shape index (κ3) is 3.84. The minimum absolute atomic E-state index is 0.169. The minimum atomic E-state index is 0.169. The van der Waals surface area contributed by atoms with E-state index in [0.717, 1.165) is 30.4 Å². The number of rotatable bonds is 7. The molecular formula is C13H24N4O. The average Bonchev–Trinajstić information content (AvgIpc) is 2.35. The molecule has 1 heterocycles. The molecule has 102 valence electrons. The molecule has 1 aromatic heterocycles. The van der Waals surface area contributed by atoms with E-state index < -0.39 is 0 Å². The maximum Gasteiger partial charge on any atom is 0.135 e. The highest BCUT2D eigenvalue weighted by Gasteiger charge is 2.14. The Bertz CT molecular complexity index is 368. The molecule has 5 heteroatoms. The van der Waals surface area contributed by atoms with Crippen LogP contribution in [0.5, 0.6) is 0 Å². The van der Waals surface area contributed by atoms with Crippen LogP contribution in [0.25, 0.3) is 0 Å². The standard InChI is InChI=1S/C13H24N4O/c1-6-18-10(4)7-15-13-11(9(2)3)12(14-5)16-8-17-13/h8-10H,6-7H2,1-5H3,(H2,14,15,16,17). The molecule has 18 heavy (non-hydrogen) atoms. The molecular weight excluding hydrogens is 228 g/mol. The van der Waals surface area contributed by atoms with Gasteiger partial charge < -0.3 is 15.4 Å². The summed E-state index contributed by atoms with van der Waals surface area (Å²) in [5, 5.41) is 6.45. The first-order chi connectivity index (χ1) is 8.60. The monoisotopic (exact) mass is 252 g/mol. The van der Waals surface area contributed by atoms with E-state index in [4.69, 9.17) is 4.74 Å². The molecule has 0 bridgehead atoms. The molecule has 5 nitrogen and oxygen atoms in total. The molecule has 0 saturated heterocycles. The van der Waals surface area contributed by atoms with Gasteiger partial charge in [-0.05, 0) is 19.8 Å². The quantitative estimate of drug-likeness (QED) is 0.780. The molecule has 0 saturated carbocycles. The number of aromatic nitrogens is 2. The van der Waals surface area contributed by atoms with Gasteiger partial charge in [0.1, 0.15) is 18.0 Å². The molecule has 1 unspecified atom stereocenters. The second-order valence-electron chi connectivity index (χ2n) is 4.54. The summed E-state index contributed by atoms with van der Waals surface area (Å²) in [7, 11) is 1.88. The Morgan fingerprint density at radius 2 is 1.89 bits per heavy atom. The summed E-state index contributed by atoms with van der Waals surface area (Å²) in [4.78, 5) is 8.57. The third-order valence-corrected chi connectivity index (χ3v) is 2.71. The van der Waals surface area contributed by atoms with Crippen LogP contribution in [0.4, 0.5) is 11.6 Å². The van der Waals surface area contributed by atoms with Crippen molar-refractivity contribution in [3.63, 3.8) is 0 Å². The van der Waals surface area contributed by atoms with Crippen molar-refractivity contribution in [3.8, 4) is 0 Å². The number of nitrogens with zero attached hydrogens (tertiary/aromatic N) is 2. The van der Waals surface area contributed by atoms with Gasteiger partial charge in [-0.1, -0.05) is 13.8 Å².